The lowest BCUT2D eigenvalue weighted by molar-refractivity contribution is 0.437. The summed E-state index contributed by atoms with van der Waals surface area (Å²) < 4.78 is 5.61. The smallest absolute Gasteiger partial charge is 0.315 e. The summed E-state index contributed by atoms with van der Waals surface area (Å²) in [6, 6.07) is 4.42. The Labute approximate surface area is 112 Å². The summed E-state index contributed by atoms with van der Waals surface area (Å²) >= 11 is 0. The third-order valence-corrected chi connectivity index (χ3v) is 3.57. The molecule has 2 aromatic heterocycles. The molecule has 0 atom stereocenters. The van der Waals surface area contributed by atoms with Gasteiger partial charge in [0.15, 0.2) is 0 Å². The van der Waals surface area contributed by atoms with Crippen LogP contribution < -0.4 is 5.32 Å². The van der Waals surface area contributed by atoms with Crippen LogP contribution in [0.15, 0.2) is 28.9 Å². The SMILES string of the molecule is c1cncc(CNc2nnc(CC3CCCC3)o2)c1. The van der Waals surface area contributed by atoms with Gasteiger partial charge in [0.05, 0.1) is 0 Å². The lowest BCUT2D eigenvalue weighted by atomic mass is 10.0. The summed E-state index contributed by atoms with van der Waals surface area (Å²) in [5.74, 6) is 1.48. The van der Waals surface area contributed by atoms with Gasteiger partial charge in [0, 0.05) is 25.4 Å². The Kier molecular flexibility index (Phi) is 3.72. The predicted molar refractivity (Wildman–Crippen MR) is 71.5 cm³/mol. The van der Waals surface area contributed by atoms with E-state index in [1.165, 1.54) is 25.7 Å². The minimum atomic E-state index is 0.497. The third kappa shape index (κ3) is 3.30. The van der Waals surface area contributed by atoms with Gasteiger partial charge in [-0.2, -0.15) is 0 Å². The summed E-state index contributed by atoms with van der Waals surface area (Å²) in [6.45, 7) is 0.652. The standard InChI is InChI=1S/C14H18N4O/c1-2-5-11(4-1)8-13-17-18-14(19-13)16-10-12-6-3-7-15-9-12/h3,6-7,9,11H,1-2,4-5,8,10H2,(H,16,18). The molecule has 5 heteroatoms. The number of pyridine rings is 1. The lowest BCUT2D eigenvalue weighted by Crippen LogP contribution is -1.99. The maximum atomic E-state index is 5.61. The highest BCUT2D eigenvalue weighted by Crippen LogP contribution is 2.27. The molecule has 1 N–H and O–H groups in total. The van der Waals surface area contributed by atoms with Crippen LogP contribution in [0.25, 0.3) is 0 Å². The van der Waals surface area contributed by atoms with Crippen LogP contribution in [0, 0.1) is 5.92 Å². The Balaban J connectivity index is 1.53. The van der Waals surface area contributed by atoms with Crippen molar-refractivity contribution in [1.29, 1.82) is 0 Å². The van der Waals surface area contributed by atoms with Crippen LogP contribution in [0.2, 0.25) is 0 Å². The second-order valence-corrected chi connectivity index (χ2v) is 5.07. The van der Waals surface area contributed by atoms with Gasteiger partial charge in [-0.1, -0.05) is 24.0 Å². The van der Waals surface area contributed by atoms with E-state index in [4.69, 9.17) is 4.42 Å². The molecule has 1 aliphatic rings. The molecule has 0 radical (unpaired) electrons. The molecule has 0 aromatic carbocycles. The molecule has 2 heterocycles. The fourth-order valence-corrected chi connectivity index (χ4v) is 2.55. The zero-order valence-electron chi connectivity index (χ0n) is 10.9. The van der Waals surface area contributed by atoms with Gasteiger partial charge in [-0.25, -0.2) is 0 Å². The summed E-state index contributed by atoms with van der Waals surface area (Å²) in [5.41, 5.74) is 1.10. The van der Waals surface area contributed by atoms with E-state index in [1.807, 2.05) is 18.3 Å². The lowest BCUT2D eigenvalue weighted by Gasteiger charge is -2.03. The monoisotopic (exact) mass is 258 g/mol. The molecule has 1 aliphatic carbocycles. The summed E-state index contributed by atoms with van der Waals surface area (Å²) in [4.78, 5) is 4.06. The molecule has 0 aliphatic heterocycles. The fraction of sp³-hybridized carbons (Fsp3) is 0.500. The number of anilines is 1. The van der Waals surface area contributed by atoms with Crippen LogP contribution in [0.4, 0.5) is 6.01 Å². The van der Waals surface area contributed by atoms with E-state index in [-0.39, 0.29) is 0 Å². The molecule has 0 amide bonds. The first-order chi connectivity index (χ1) is 9.40. The molecule has 19 heavy (non-hydrogen) atoms. The van der Waals surface area contributed by atoms with Gasteiger partial charge in [0.2, 0.25) is 5.89 Å². The number of nitrogens with zero attached hydrogens (tertiary/aromatic N) is 3. The van der Waals surface area contributed by atoms with Crippen molar-refractivity contribution >= 4 is 6.01 Å². The number of hydrogen-bond donors (Lipinski definition) is 1. The Morgan fingerprint density at radius 3 is 2.95 bits per heavy atom. The Morgan fingerprint density at radius 1 is 1.26 bits per heavy atom. The van der Waals surface area contributed by atoms with E-state index in [0.29, 0.717) is 12.6 Å². The van der Waals surface area contributed by atoms with E-state index in [9.17, 15) is 0 Å². The third-order valence-electron chi connectivity index (χ3n) is 3.57. The van der Waals surface area contributed by atoms with Gasteiger partial charge in [0.25, 0.3) is 0 Å². The van der Waals surface area contributed by atoms with Gasteiger partial charge < -0.3 is 9.73 Å². The minimum Gasteiger partial charge on any atom is -0.408 e. The van der Waals surface area contributed by atoms with Crippen LogP contribution in [0.5, 0.6) is 0 Å². The van der Waals surface area contributed by atoms with Crippen molar-refractivity contribution in [1.82, 2.24) is 15.2 Å². The molecule has 0 spiro atoms. The van der Waals surface area contributed by atoms with Crippen molar-refractivity contribution in [2.75, 3.05) is 5.32 Å². The van der Waals surface area contributed by atoms with E-state index in [0.717, 1.165) is 23.8 Å². The van der Waals surface area contributed by atoms with Gasteiger partial charge >= 0.3 is 6.01 Å². The average molecular weight is 258 g/mol. The van der Waals surface area contributed by atoms with Gasteiger partial charge in [-0.3, -0.25) is 4.98 Å². The number of hydrogen-bond acceptors (Lipinski definition) is 5. The van der Waals surface area contributed by atoms with E-state index in [2.05, 4.69) is 20.5 Å². The molecule has 0 saturated heterocycles. The summed E-state index contributed by atoms with van der Waals surface area (Å²) in [5, 5.41) is 11.2. The molecule has 0 unspecified atom stereocenters. The van der Waals surface area contributed by atoms with Crippen molar-refractivity contribution in [3.05, 3.63) is 36.0 Å². The molecular weight excluding hydrogens is 240 g/mol. The van der Waals surface area contributed by atoms with Crippen LogP contribution in [-0.4, -0.2) is 15.2 Å². The zero-order valence-corrected chi connectivity index (χ0v) is 10.9. The zero-order chi connectivity index (χ0) is 12.9. The van der Waals surface area contributed by atoms with Crippen molar-refractivity contribution < 1.29 is 4.42 Å². The topological polar surface area (TPSA) is 63.8 Å². The van der Waals surface area contributed by atoms with Crippen LogP contribution in [0.3, 0.4) is 0 Å². The molecule has 2 aromatic rings. The van der Waals surface area contributed by atoms with Crippen molar-refractivity contribution in [2.24, 2.45) is 5.92 Å². The average Bonchev–Trinajstić information content (AvgIpc) is 3.10. The molecule has 0 bridgehead atoms. The summed E-state index contributed by atoms with van der Waals surface area (Å²) in [7, 11) is 0. The number of nitrogens with one attached hydrogen (secondary N) is 1. The Morgan fingerprint density at radius 2 is 2.16 bits per heavy atom. The van der Waals surface area contributed by atoms with Crippen molar-refractivity contribution in [3.63, 3.8) is 0 Å². The van der Waals surface area contributed by atoms with Gasteiger partial charge in [-0.15, -0.1) is 5.10 Å². The quantitative estimate of drug-likeness (QED) is 0.893. The van der Waals surface area contributed by atoms with E-state index in [1.54, 1.807) is 6.20 Å². The highest BCUT2D eigenvalue weighted by molar-refractivity contribution is 5.21. The minimum absolute atomic E-state index is 0.497. The first kappa shape index (κ1) is 12.1. The van der Waals surface area contributed by atoms with Crippen molar-refractivity contribution in [2.45, 2.75) is 38.6 Å². The molecule has 100 valence electrons. The first-order valence-corrected chi connectivity index (χ1v) is 6.85. The predicted octanol–water partition coefficient (Wildman–Crippen LogP) is 2.81. The Bertz CT molecular complexity index is 505. The Hall–Kier alpha value is -1.91. The molecular formula is C14H18N4O. The van der Waals surface area contributed by atoms with Crippen LogP contribution in [0.1, 0.15) is 37.1 Å². The fourth-order valence-electron chi connectivity index (χ4n) is 2.55. The van der Waals surface area contributed by atoms with Crippen LogP contribution >= 0.6 is 0 Å². The maximum Gasteiger partial charge on any atom is 0.315 e. The van der Waals surface area contributed by atoms with Crippen LogP contribution in [-0.2, 0) is 13.0 Å². The largest absolute Gasteiger partial charge is 0.408 e. The van der Waals surface area contributed by atoms with Gasteiger partial charge in [-0.05, 0) is 30.4 Å². The number of aromatic nitrogens is 3. The number of rotatable bonds is 5. The second-order valence-electron chi connectivity index (χ2n) is 5.07. The molecule has 1 saturated carbocycles. The van der Waals surface area contributed by atoms with Crippen molar-refractivity contribution in [3.8, 4) is 0 Å². The molecule has 3 rings (SSSR count). The second kappa shape index (κ2) is 5.82. The molecule has 1 fully saturated rings. The highest BCUT2D eigenvalue weighted by atomic mass is 16.4. The first-order valence-electron chi connectivity index (χ1n) is 6.85. The van der Waals surface area contributed by atoms with Gasteiger partial charge in [0.1, 0.15) is 0 Å². The molecule has 5 nitrogen and oxygen atoms in total. The maximum absolute atomic E-state index is 5.61. The highest BCUT2D eigenvalue weighted by Gasteiger charge is 2.18. The van der Waals surface area contributed by atoms with E-state index < -0.39 is 0 Å². The normalized spacial score (nSPS) is 15.8. The summed E-state index contributed by atoms with van der Waals surface area (Å²) in [6.07, 6.45) is 9.76. The van der Waals surface area contributed by atoms with E-state index >= 15 is 0 Å².